The Balaban J connectivity index is 1.19. The normalized spacial score (nSPS) is 19.5. The first kappa shape index (κ1) is 40.3. The first-order chi connectivity index (χ1) is 26.6. The minimum Gasteiger partial charge on any atom is -0.370 e. The van der Waals surface area contributed by atoms with Gasteiger partial charge < -0.3 is 46.7 Å². The van der Waals surface area contributed by atoms with Gasteiger partial charge in [-0.15, -0.1) is 0 Å². The molecule has 5 amide bonds. The van der Waals surface area contributed by atoms with E-state index in [1.54, 1.807) is 0 Å². The number of primary amides is 1. The molecule has 9 N–H and O–H groups in total. The van der Waals surface area contributed by atoms with Gasteiger partial charge >= 0.3 is 5.66 Å². The molecule has 1 aromatic heterocycles. The fraction of sp³-hybridized carbons (Fsp3) is 0.333. The highest BCUT2D eigenvalue weighted by atomic mass is 31.2. The smallest absolute Gasteiger partial charge is 0.334 e. The summed E-state index contributed by atoms with van der Waals surface area (Å²) in [5, 5.41) is 11.8. The van der Waals surface area contributed by atoms with Gasteiger partial charge in [0.15, 0.2) is 7.34 Å². The average molecular weight is 792 g/mol. The summed E-state index contributed by atoms with van der Waals surface area (Å²) >= 11 is 0. The van der Waals surface area contributed by atoms with Crippen molar-refractivity contribution in [3.05, 3.63) is 107 Å². The van der Waals surface area contributed by atoms with E-state index in [1.165, 1.54) is 17.0 Å². The van der Waals surface area contributed by atoms with Gasteiger partial charge in [0.05, 0.1) is 6.04 Å². The van der Waals surface area contributed by atoms with Crippen LogP contribution < -0.4 is 27.0 Å². The standard InChI is InChI=1S/C39H44F2N7O7P/c1-56(54,55)39(40,41)26-12-14-28-25(20-26)21-30(44-28)36(51)46-31-22-43-19-18-27-13-16-32(48(27)38(31)53)37(52)45-29(15-17-33(42)49)35(50)47-34(23-8-4-2-5-9-23)24-10-6-3-7-11-24/h2-12,14,20-21,27,29,31-32,34,43-44,54-55H,1,13,15-19,22H2,(H2,42,49)(H,45,52)(H,46,51)(H,47,50). The lowest BCUT2D eigenvalue weighted by atomic mass is 9.98. The number of hydrogen-bond acceptors (Lipinski definition) is 8. The quantitative estimate of drug-likeness (QED) is 0.0940. The van der Waals surface area contributed by atoms with Crippen molar-refractivity contribution in [1.82, 2.24) is 31.2 Å². The van der Waals surface area contributed by atoms with E-state index >= 15 is 0 Å². The molecular formula is C39H44F2N7O7P. The van der Waals surface area contributed by atoms with Crippen molar-refractivity contribution in [1.29, 1.82) is 0 Å². The van der Waals surface area contributed by atoms with Crippen LogP contribution in [0.15, 0.2) is 84.9 Å². The van der Waals surface area contributed by atoms with E-state index in [2.05, 4.69) is 32.6 Å². The van der Waals surface area contributed by atoms with Crippen molar-refractivity contribution in [3.63, 3.8) is 0 Å². The number of carbonyl (C=O) groups is 5. The number of halogens is 2. The van der Waals surface area contributed by atoms with E-state index in [9.17, 15) is 42.5 Å². The van der Waals surface area contributed by atoms with Gasteiger partial charge in [0.2, 0.25) is 23.6 Å². The number of hydrogen-bond donors (Lipinski definition) is 8. The van der Waals surface area contributed by atoms with Gasteiger partial charge in [0, 0.05) is 35.5 Å². The molecule has 3 aromatic carbocycles. The Morgan fingerprint density at radius 2 is 1.61 bits per heavy atom. The van der Waals surface area contributed by atoms with Gasteiger partial charge in [0.25, 0.3) is 5.91 Å². The monoisotopic (exact) mass is 791 g/mol. The predicted molar refractivity (Wildman–Crippen MR) is 206 cm³/mol. The number of aromatic amines is 1. The molecule has 2 saturated heterocycles. The third-order valence-corrected chi connectivity index (χ3v) is 11.4. The number of fused-ring (bicyclic) bond motifs is 2. The fourth-order valence-corrected chi connectivity index (χ4v) is 7.81. The highest BCUT2D eigenvalue weighted by Gasteiger charge is 2.46. The van der Waals surface area contributed by atoms with Gasteiger partial charge in [-0.25, -0.2) is 0 Å². The van der Waals surface area contributed by atoms with Crippen molar-refractivity contribution in [3.8, 4) is 0 Å². The van der Waals surface area contributed by atoms with Crippen LogP contribution in [0.5, 0.6) is 0 Å². The van der Waals surface area contributed by atoms with Crippen LogP contribution in [0.3, 0.4) is 0 Å². The Kier molecular flexibility index (Phi) is 12.0. The van der Waals surface area contributed by atoms with Crippen LogP contribution in [0.1, 0.15) is 65.3 Å². The number of H-pyrrole nitrogens is 1. The summed E-state index contributed by atoms with van der Waals surface area (Å²) in [7, 11) is -4.83. The maximum Gasteiger partial charge on any atom is 0.334 e. The molecule has 6 rings (SSSR count). The van der Waals surface area contributed by atoms with Gasteiger partial charge in [-0.2, -0.15) is 8.78 Å². The third-order valence-electron chi connectivity index (χ3n) is 10.2. The Morgan fingerprint density at radius 3 is 2.23 bits per heavy atom. The second-order valence-corrected chi connectivity index (χ2v) is 16.1. The zero-order valence-corrected chi connectivity index (χ0v) is 31.2. The molecule has 56 heavy (non-hydrogen) atoms. The van der Waals surface area contributed by atoms with Crippen LogP contribution in [0, 0.1) is 0 Å². The zero-order valence-electron chi connectivity index (χ0n) is 30.3. The van der Waals surface area contributed by atoms with E-state index in [4.69, 9.17) is 5.73 Å². The second-order valence-electron chi connectivity index (χ2n) is 14.1. The molecule has 4 aromatic rings. The maximum atomic E-state index is 14.6. The molecule has 0 radical (unpaired) electrons. The number of nitrogens with two attached hydrogens (primary N) is 1. The summed E-state index contributed by atoms with van der Waals surface area (Å²) < 4.78 is 29.2. The molecule has 3 heterocycles. The summed E-state index contributed by atoms with van der Waals surface area (Å²) in [6, 6.07) is 18.9. The highest BCUT2D eigenvalue weighted by Crippen LogP contribution is 2.59. The van der Waals surface area contributed by atoms with E-state index in [1.807, 2.05) is 60.7 Å². The molecule has 4 unspecified atom stereocenters. The van der Waals surface area contributed by atoms with Crippen LogP contribution in [-0.4, -0.2) is 92.8 Å². The molecule has 4 atom stereocenters. The molecule has 2 aliphatic heterocycles. The van der Waals surface area contributed by atoms with Crippen LogP contribution in [0.2, 0.25) is 0 Å². The maximum absolute atomic E-state index is 14.6. The van der Waals surface area contributed by atoms with Crippen LogP contribution >= 0.6 is 7.34 Å². The summed E-state index contributed by atoms with van der Waals surface area (Å²) in [5.41, 5.74) is 2.62. The Morgan fingerprint density at radius 1 is 0.946 bits per heavy atom. The predicted octanol–water partition coefficient (Wildman–Crippen LogP) is 2.59. The van der Waals surface area contributed by atoms with Gasteiger partial charge in [0.1, 0.15) is 23.8 Å². The summed E-state index contributed by atoms with van der Waals surface area (Å²) in [5.74, 6) is -3.04. The van der Waals surface area contributed by atoms with Crippen molar-refractivity contribution >= 4 is 54.1 Å². The van der Waals surface area contributed by atoms with Crippen LogP contribution in [0.4, 0.5) is 8.78 Å². The molecule has 0 spiro atoms. The second kappa shape index (κ2) is 16.8. The number of alkyl halides is 2. The van der Waals surface area contributed by atoms with Crippen LogP contribution in [0.25, 0.3) is 10.9 Å². The average Bonchev–Trinajstić information content (AvgIpc) is 3.80. The Hall–Kier alpha value is -5.41. The largest absolute Gasteiger partial charge is 0.370 e. The number of amides is 5. The topological polar surface area (TPSA) is 219 Å². The lowest BCUT2D eigenvalue weighted by Crippen LogP contribution is -2.61. The minimum absolute atomic E-state index is 0.0328. The van der Waals surface area contributed by atoms with Crippen molar-refractivity contribution < 1.29 is 42.5 Å². The number of aromatic nitrogens is 1. The molecule has 0 bridgehead atoms. The van der Waals surface area contributed by atoms with Gasteiger partial charge in [-0.1, -0.05) is 66.7 Å². The molecule has 14 nitrogen and oxygen atoms in total. The van der Waals surface area contributed by atoms with Crippen molar-refractivity contribution in [2.45, 2.75) is 68.0 Å². The highest BCUT2D eigenvalue weighted by molar-refractivity contribution is 7.63. The van der Waals surface area contributed by atoms with E-state index in [0.717, 1.165) is 23.3 Å². The zero-order chi connectivity index (χ0) is 40.2. The minimum atomic E-state index is -4.83. The lowest BCUT2D eigenvalue weighted by molar-refractivity contribution is -0.143. The molecule has 0 saturated carbocycles. The first-order valence-electron chi connectivity index (χ1n) is 18.2. The fourth-order valence-electron chi connectivity index (χ4n) is 7.25. The molecule has 2 fully saturated rings. The molecule has 17 heteroatoms. The van der Waals surface area contributed by atoms with Crippen molar-refractivity contribution in [2.75, 3.05) is 13.1 Å². The lowest BCUT2D eigenvalue weighted by Gasteiger charge is -2.36. The number of nitrogens with zero attached hydrogens (tertiary/aromatic N) is 1. The Labute approximate surface area is 321 Å². The molecular weight excluding hydrogens is 747 g/mol. The Bertz CT molecular complexity index is 2110. The van der Waals surface area contributed by atoms with Crippen LogP contribution in [-0.2, 0) is 24.8 Å². The molecule has 0 aliphatic carbocycles. The van der Waals surface area contributed by atoms with E-state index in [-0.39, 0.29) is 42.9 Å². The first-order valence-corrected chi connectivity index (χ1v) is 20.0. The van der Waals surface area contributed by atoms with Crippen molar-refractivity contribution in [2.24, 2.45) is 5.73 Å². The molecule has 2 aliphatic rings. The third kappa shape index (κ3) is 8.84. The SMILES string of the molecule is C=P(O)(O)C(F)(F)c1ccc2[nH]c(C(=O)NC3CNCCC4CCC(C(=O)NC(CCC(N)=O)C(=O)NC(c5ccccc5)c5ccccc5)N4C3=O)cc2c1. The van der Waals surface area contributed by atoms with Gasteiger partial charge in [-0.05, 0) is 67.9 Å². The van der Waals surface area contributed by atoms with E-state index < -0.39 is 72.3 Å². The number of benzene rings is 3. The number of carbonyl (C=O) groups excluding carboxylic acids is 5. The van der Waals surface area contributed by atoms with Gasteiger partial charge in [-0.3, -0.25) is 24.0 Å². The number of nitrogens with one attached hydrogen (secondary N) is 5. The number of rotatable bonds is 13. The molecule has 296 valence electrons. The summed E-state index contributed by atoms with van der Waals surface area (Å²) in [6.07, 6.45) is 3.86. The summed E-state index contributed by atoms with van der Waals surface area (Å²) in [6.45, 7) is 0.514. The summed E-state index contributed by atoms with van der Waals surface area (Å²) in [4.78, 5) is 90.9. The van der Waals surface area contributed by atoms with E-state index in [0.29, 0.717) is 24.9 Å².